The van der Waals surface area contributed by atoms with Crippen LogP contribution in [0.5, 0.6) is 0 Å². The van der Waals surface area contributed by atoms with Crippen molar-refractivity contribution in [3.63, 3.8) is 0 Å². The summed E-state index contributed by atoms with van der Waals surface area (Å²) in [7, 11) is 0.798. The fourth-order valence-electron chi connectivity index (χ4n) is 2.46. The Labute approximate surface area is 177 Å². The maximum absolute atomic E-state index is 12.8. The van der Waals surface area contributed by atoms with Crippen LogP contribution in [-0.2, 0) is 21.0 Å². The topological polar surface area (TPSA) is 107 Å². The third-order valence-corrected chi connectivity index (χ3v) is 5.52. The fraction of sp³-hybridized carbons (Fsp3) is 0.286. The second kappa shape index (κ2) is 10.4. The van der Waals surface area contributed by atoms with Crippen LogP contribution < -0.4 is 5.32 Å². The number of nitrogens with one attached hydrogen (secondary N) is 1. The minimum atomic E-state index is -2.91. The van der Waals surface area contributed by atoms with Gasteiger partial charge in [-0.3, -0.25) is 0 Å². The summed E-state index contributed by atoms with van der Waals surface area (Å²) in [4.78, 5) is 18.2. The first-order valence-corrected chi connectivity index (χ1v) is 11.1. The van der Waals surface area contributed by atoms with Crippen LogP contribution >= 0.6 is 0 Å². The highest BCUT2D eigenvalue weighted by Gasteiger charge is 2.11. The van der Waals surface area contributed by atoms with Crippen molar-refractivity contribution in [2.75, 3.05) is 32.3 Å². The molecule has 0 saturated heterocycles. The molecule has 9 heteroatoms. The largest absolute Gasteiger partial charge is 0.448 e. The van der Waals surface area contributed by atoms with Crippen LogP contribution in [-0.4, -0.2) is 48.5 Å². The maximum Gasteiger partial charge on any atom is 0.442 e. The molecule has 0 aliphatic heterocycles. The standard InChI is InChI=1S/C21H25N5O3S/c1-5-29-21(27)25-30(4,28)19-8-6-7-16(11-19)14-23-18-10-9-17(13-22)20(12-18)24-15-26(2)3/h6-12,15,23H,5,14H2,1-4H3/b24-15-. The third kappa shape index (κ3) is 6.60. The number of nitriles is 1. The first-order valence-electron chi connectivity index (χ1n) is 9.21. The first kappa shape index (κ1) is 22.9. The molecule has 158 valence electrons. The van der Waals surface area contributed by atoms with E-state index in [-0.39, 0.29) is 6.61 Å². The summed E-state index contributed by atoms with van der Waals surface area (Å²) >= 11 is 0. The molecule has 0 aliphatic rings. The molecule has 0 heterocycles. The lowest BCUT2D eigenvalue weighted by molar-refractivity contribution is 0.164. The number of carbonyl (C=O) groups is 1. The molecule has 0 bridgehead atoms. The van der Waals surface area contributed by atoms with E-state index in [9.17, 15) is 14.3 Å². The van der Waals surface area contributed by atoms with E-state index in [2.05, 4.69) is 20.7 Å². The van der Waals surface area contributed by atoms with E-state index < -0.39 is 15.8 Å². The van der Waals surface area contributed by atoms with Crippen molar-refractivity contribution < 1.29 is 13.7 Å². The van der Waals surface area contributed by atoms with E-state index in [1.807, 2.05) is 20.2 Å². The molecular formula is C21H25N5O3S. The summed E-state index contributed by atoms with van der Waals surface area (Å²) in [6, 6.07) is 14.5. The van der Waals surface area contributed by atoms with Crippen LogP contribution in [0.1, 0.15) is 18.1 Å². The Morgan fingerprint density at radius 1 is 1.30 bits per heavy atom. The number of ether oxygens (including phenoxy) is 1. The van der Waals surface area contributed by atoms with E-state index in [0.29, 0.717) is 22.7 Å². The van der Waals surface area contributed by atoms with Gasteiger partial charge in [0.2, 0.25) is 0 Å². The molecular weight excluding hydrogens is 402 g/mol. The Morgan fingerprint density at radius 3 is 2.73 bits per heavy atom. The van der Waals surface area contributed by atoms with E-state index in [1.165, 1.54) is 6.26 Å². The average molecular weight is 428 g/mol. The van der Waals surface area contributed by atoms with E-state index in [0.717, 1.165) is 11.3 Å². The highest BCUT2D eigenvalue weighted by Crippen LogP contribution is 2.24. The van der Waals surface area contributed by atoms with Gasteiger partial charge in [-0.05, 0) is 42.8 Å². The number of hydrogen-bond donors (Lipinski definition) is 1. The Balaban J connectivity index is 2.20. The van der Waals surface area contributed by atoms with Crippen LogP contribution in [0.25, 0.3) is 0 Å². The van der Waals surface area contributed by atoms with Crippen molar-refractivity contribution in [3.8, 4) is 6.07 Å². The molecule has 8 nitrogen and oxygen atoms in total. The Morgan fingerprint density at radius 2 is 2.07 bits per heavy atom. The highest BCUT2D eigenvalue weighted by molar-refractivity contribution is 7.93. The number of rotatable bonds is 7. The van der Waals surface area contributed by atoms with Gasteiger partial charge in [-0.1, -0.05) is 12.1 Å². The van der Waals surface area contributed by atoms with Crippen LogP contribution in [0.2, 0.25) is 0 Å². The van der Waals surface area contributed by atoms with E-state index in [4.69, 9.17) is 4.74 Å². The van der Waals surface area contributed by atoms with E-state index >= 15 is 0 Å². The molecule has 1 unspecified atom stereocenters. The second-order valence-corrected chi connectivity index (χ2v) is 8.90. The summed E-state index contributed by atoms with van der Waals surface area (Å²) in [5, 5.41) is 12.5. The molecule has 30 heavy (non-hydrogen) atoms. The minimum Gasteiger partial charge on any atom is -0.448 e. The molecule has 0 fully saturated rings. The number of benzene rings is 2. The number of nitrogens with zero attached hydrogens (tertiary/aromatic N) is 4. The Hall–Kier alpha value is -3.38. The Kier molecular flexibility index (Phi) is 7.95. The summed E-state index contributed by atoms with van der Waals surface area (Å²) in [6.45, 7) is 2.29. The molecule has 0 aliphatic carbocycles. The minimum absolute atomic E-state index is 0.174. The molecule has 0 radical (unpaired) electrons. The van der Waals surface area contributed by atoms with Crippen molar-refractivity contribution in [3.05, 3.63) is 53.6 Å². The zero-order valence-electron chi connectivity index (χ0n) is 17.5. The van der Waals surface area contributed by atoms with Gasteiger partial charge in [0.25, 0.3) is 0 Å². The molecule has 2 rings (SSSR count). The smallest absolute Gasteiger partial charge is 0.442 e. The first-order chi connectivity index (χ1) is 14.2. The van der Waals surface area contributed by atoms with Gasteiger partial charge in [0.05, 0.1) is 33.9 Å². The van der Waals surface area contributed by atoms with Gasteiger partial charge in [0, 0.05) is 37.5 Å². The zero-order valence-corrected chi connectivity index (χ0v) is 18.3. The average Bonchev–Trinajstić information content (AvgIpc) is 2.70. The summed E-state index contributed by atoms with van der Waals surface area (Å²) < 4.78 is 21.3. The number of anilines is 1. The van der Waals surface area contributed by atoms with Crippen molar-refractivity contribution in [2.24, 2.45) is 9.36 Å². The summed E-state index contributed by atoms with van der Waals surface area (Å²) in [5.41, 5.74) is 2.70. The third-order valence-electron chi connectivity index (χ3n) is 3.89. The van der Waals surface area contributed by atoms with Crippen LogP contribution in [0, 0.1) is 11.3 Å². The predicted molar refractivity (Wildman–Crippen MR) is 119 cm³/mol. The lowest BCUT2D eigenvalue weighted by Crippen LogP contribution is -2.07. The van der Waals surface area contributed by atoms with Crippen LogP contribution in [0.15, 0.2) is 56.7 Å². The summed E-state index contributed by atoms with van der Waals surface area (Å²) in [6.07, 6.45) is 2.21. The molecule has 0 spiro atoms. The molecule has 0 saturated carbocycles. The van der Waals surface area contributed by atoms with Crippen molar-refractivity contribution in [1.29, 1.82) is 5.26 Å². The molecule has 2 aromatic carbocycles. The van der Waals surface area contributed by atoms with Gasteiger partial charge >= 0.3 is 6.09 Å². The van der Waals surface area contributed by atoms with Crippen molar-refractivity contribution in [2.45, 2.75) is 18.4 Å². The fourth-order valence-corrected chi connectivity index (χ4v) is 3.60. The highest BCUT2D eigenvalue weighted by atomic mass is 32.2. The van der Waals surface area contributed by atoms with Gasteiger partial charge < -0.3 is 15.0 Å². The second-order valence-electron chi connectivity index (χ2n) is 6.65. The molecule has 1 atom stereocenters. The lowest BCUT2D eigenvalue weighted by atomic mass is 10.1. The SMILES string of the molecule is CCOC(=O)N=S(C)(=O)c1cccc(CNc2ccc(C#N)c(/N=C\N(C)C)c2)c1. The lowest BCUT2D eigenvalue weighted by Gasteiger charge is -2.10. The van der Waals surface area contributed by atoms with Gasteiger partial charge in [-0.2, -0.15) is 5.26 Å². The number of hydrogen-bond acceptors (Lipinski definition) is 6. The van der Waals surface area contributed by atoms with Gasteiger partial charge in [-0.15, -0.1) is 4.36 Å². The van der Waals surface area contributed by atoms with Crippen molar-refractivity contribution in [1.82, 2.24) is 4.90 Å². The normalized spacial score (nSPS) is 12.6. The molecule has 0 aromatic heterocycles. The quantitative estimate of drug-likeness (QED) is 0.528. The molecule has 1 N–H and O–H groups in total. The van der Waals surface area contributed by atoms with Crippen LogP contribution in [0.4, 0.5) is 16.2 Å². The molecule has 2 aromatic rings. The van der Waals surface area contributed by atoms with Gasteiger partial charge in [0.1, 0.15) is 6.07 Å². The predicted octanol–water partition coefficient (Wildman–Crippen LogP) is 4.00. The Bertz CT molecular complexity index is 1100. The maximum atomic E-state index is 12.8. The number of carbonyl (C=O) groups excluding carboxylic acids is 1. The van der Waals surface area contributed by atoms with Gasteiger partial charge in [-0.25, -0.2) is 14.0 Å². The molecule has 1 amide bonds. The summed E-state index contributed by atoms with van der Waals surface area (Å²) in [5.74, 6) is 0. The number of amides is 1. The van der Waals surface area contributed by atoms with Crippen LogP contribution in [0.3, 0.4) is 0 Å². The van der Waals surface area contributed by atoms with Crippen molar-refractivity contribution >= 4 is 33.5 Å². The van der Waals surface area contributed by atoms with E-state index in [1.54, 1.807) is 54.6 Å². The monoisotopic (exact) mass is 427 g/mol. The number of aliphatic imine (C=N–C) groups is 1. The van der Waals surface area contributed by atoms with Gasteiger partial charge in [0.15, 0.2) is 0 Å². The zero-order chi connectivity index (χ0) is 22.1.